The molecule has 126 valence electrons. The number of aromatic nitrogens is 1. The third kappa shape index (κ3) is 5.49. The molecule has 9 heteroatoms. The smallest absolute Gasteiger partial charge is 0.327 e. The van der Waals surface area contributed by atoms with Gasteiger partial charge >= 0.3 is 6.18 Å². The number of nitrogens with two attached hydrogens (primary N) is 1. The number of carbonyl (C=O) groups excluding carboxylic acids is 1. The maximum Gasteiger partial charge on any atom is 0.416 e. The zero-order chi connectivity index (χ0) is 16.3. The van der Waals surface area contributed by atoms with Crippen LogP contribution in [0.1, 0.15) is 18.9 Å². The van der Waals surface area contributed by atoms with Gasteiger partial charge in [0.05, 0.1) is 11.3 Å². The first-order chi connectivity index (χ1) is 10.3. The zero-order valence-corrected chi connectivity index (χ0v) is 13.7. The molecule has 0 bridgehead atoms. The molecular formula is C14H15ClF3N3OS. The van der Waals surface area contributed by atoms with Crippen molar-refractivity contribution in [3.05, 3.63) is 35.2 Å². The van der Waals surface area contributed by atoms with Gasteiger partial charge in [0, 0.05) is 23.4 Å². The lowest BCUT2D eigenvalue weighted by atomic mass is 10.1. The van der Waals surface area contributed by atoms with Crippen LogP contribution in [0, 0.1) is 0 Å². The minimum Gasteiger partial charge on any atom is -0.327 e. The molecule has 1 aromatic heterocycles. The molecule has 0 aliphatic carbocycles. The number of nitrogens with zero attached hydrogens (tertiary/aromatic N) is 1. The quantitative estimate of drug-likeness (QED) is 0.862. The van der Waals surface area contributed by atoms with E-state index in [1.165, 1.54) is 12.1 Å². The standard InChI is InChI=1S/C14H14F3N3OS.ClH/c1-8(18)5-12(21)20-13-19-11(7-22-13)9-3-2-4-10(6-9)14(15,16)17;/h2-4,6-8H,5,18H2,1H3,(H,19,20,21);1H. The average molecular weight is 366 g/mol. The van der Waals surface area contributed by atoms with E-state index >= 15 is 0 Å². The molecule has 0 spiro atoms. The number of hydrogen-bond donors (Lipinski definition) is 2. The van der Waals surface area contributed by atoms with Gasteiger partial charge in [-0.1, -0.05) is 12.1 Å². The van der Waals surface area contributed by atoms with Gasteiger partial charge in [-0.05, 0) is 19.1 Å². The first-order valence-electron chi connectivity index (χ1n) is 6.44. The van der Waals surface area contributed by atoms with Crippen LogP contribution in [0.4, 0.5) is 18.3 Å². The molecule has 0 radical (unpaired) electrons. The van der Waals surface area contributed by atoms with Gasteiger partial charge in [0.1, 0.15) is 0 Å². The molecule has 0 aliphatic heterocycles. The van der Waals surface area contributed by atoms with E-state index in [1.54, 1.807) is 12.3 Å². The van der Waals surface area contributed by atoms with Gasteiger partial charge in [0.2, 0.25) is 5.91 Å². The summed E-state index contributed by atoms with van der Waals surface area (Å²) in [7, 11) is 0. The van der Waals surface area contributed by atoms with Crippen molar-refractivity contribution in [2.75, 3.05) is 5.32 Å². The van der Waals surface area contributed by atoms with Crippen LogP contribution in [0.2, 0.25) is 0 Å². The number of thiazole rings is 1. The Kier molecular flexibility index (Phi) is 6.55. The first kappa shape index (κ1) is 19.4. The molecule has 1 amide bonds. The molecule has 0 fully saturated rings. The number of amides is 1. The lowest BCUT2D eigenvalue weighted by molar-refractivity contribution is -0.137. The highest BCUT2D eigenvalue weighted by Crippen LogP contribution is 2.33. The SMILES string of the molecule is CC(N)CC(=O)Nc1nc(-c2cccc(C(F)(F)F)c2)cs1.Cl. The van der Waals surface area contributed by atoms with Crippen LogP contribution in [-0.2, 0) is 11.0 Å². The second-order valence-electron chi connectivity index (χ2n) is 4.85. The number of carbonyl (C=O) groups is 1. The number of nitrogens with one attached hydrogen (secondary N) is 1. The van der Waals surface area contributed by atoms with Gasteiger partial charge in [-0.2, -0.15) is 13.2 Å². The second-order valence-corrected chi connectivity index (χ2v) is 5.70. The van der Waals surface area contributed by atoms with Crippen molar-refractivity contribution in [3.63, 3.8) is 0 Å². The number of rotatable bonds is 4. The van der Waals surface area contributed by atoms with Crippen LogP contribution in [-0.4, -0.2) is 16.9 Å². The van der Waals surface area contributed by atoms with Crippen molar-refractivity contribution >= 4 is 34.8 Å². The minimum absolute atomic E-state index is 0. The van der Waals surface area contributed by atoms with Crippen molar-refractivity contribution in [2.45, 2.75) is 25.6 Å². The van der Waals surface area contributed by atoms with Gasteiger partial charge in [-0.15, -0.1) is 23.7 Å². The van der Waals surface area contributed by atoms with Crippen LogP contribution >= 0.6 is 23.7 Å². The molecule has 0 aliphatic rings. The van der Waals surface area contributed by atoms with Crippen molar-refractivity contribution in [1.82, 2.24) is 4.98 Å². The molecular weight excluding hydrogens is 351 g/mol. The molecule has 23 heavy (non-hydrogen) atoms. The molecule has 1 atom stereocenters. The fourth-order valence-electron chi connectivity index (χ4n) is 1.78. The normalized spacial score (nSPS) is 12.4. The largest absolute Gasteiger partial charge is 0.416 e. The Hall–Kier alpha value is -1.64. The van der Waals surface area contributed by atoms with Gasteiger partial charge < -0.3 is 11.1 Å². The summed E-state index contributed by atoms with van der Waals surface area (Å²) in [4.78, 5) is 15.7. The van der Waals surface area contributed by atoms with Gasteiger partial charge in [0.15, 0.2) is 5.13 Å². The Morgan fingerprint density at radius 3 is 2.74 bits per heavy atom. The number of alkyl halides is 3. The number of anilines is 1. The van der Waals surface area contributed by atoms with E-state index in [-0.39, 0.29) is 30.8 Å². The maximum absolute atomic E-state index is 12.7. The van der Waals surface area contributed by atoms with Crippen molar-refractivity contribution in [2.24, 2.45) is 5.73 Å². The molecule has 0 saturated heterocycles. The lowest BCUT2D eigenvalue weighted by Gasteiger charge is -2.07. The van der Waals surface area contributed by atoms with Crippen molar-refractivity contribution < 1.29 is 18.0 Å². The van der Waals surface area contributed by atoms with Gasteiger partial charge in [-0.25, -0.2) is 4.98 Å². The van der Waals surface area contributed by atoms with E-state index in [0.717, 1.165) is 23.5 Å². The zero-order valence-electron chi connectivity index (χ0n) is 12.1. The Bertz CT molecular complexity index is 673. The highest BCUT2D eigenvalue weighted by atomic mass is 35.5. The van der Waals surface area contributed by atoms with Crippen molar-refractivity contribution in [1.29, 1.82) is 0 Å². The third-order valence-corrected chi connectivity index (χ3v) is 3.50. The predicted octanol–water partition coefficient (Wildman–Crippen LogP) is 3.93. The molecule has 1 unspecified atom stereocenters. The van der Waals surface area contributed by atoms with Gasteiger partial charge in [-0.3, -0.25) is 4.79 Å². The van der Waals surface area contributed by atoms with E-state index in [1.807, 2.05) is 0 Å². The topological polar surface area (TPSA) is 68.0 Å². The number of hydrogen-bond acceptors (Lipinski definition) is 4. The summed E-state index contributed by atoms with van der Waals surface area (Å²) in [5.41, 5.74) is 5.51. The van der Waals surface area contributed by atoms with E-state index in [0.29, 0.717) is 16.4 Å². The Balaban J connectivity index is 0.00000264. The highest BCUT2D eigenvalue weighted by molar-refractivity contribution is 7.14. The predicted molar refractivity (Wildman–Crippen MR) is 86.7 cm³/mol. The summed E-state index contributed by atoms with van der Waals surface area (Å²) < 4.78 is 38.1. The number of halogens is 4. The fraction of sp³-hybridized carbons (Fsp3) is 0.286. The fourth-order valence-corrected chi connectivity index (χ4v) is 2.52. The summed E-state index contributed by atoms with van der Waals surface area (Å²) in [6.07, 6.45) is -4.25. The summed E-state index contributed by atoms with van der Waals surface area (Å²) in [6.45, 7) is 1.70. The van der Waals surface area contributed by atoms with Crippen LogP contribution in [0.5, 0.6) is 0 Å². The molecule has 2 aromatic rings. The Labute approximate surface area is 141 Å². The molecule has 1 aromatic carbocycles. The summed E-state index contributed by atoms with van der Waals surface area (Å²) in [5.74, 6) is -0.278. The van der Waals surface area contributed by atoms with Crippen LogP contribution < -0.4 is 11.1 Å². The summed E-state index contributed by atoms with van der Waals surface area (Å²) in [6, 6.07) is 4.62. The van der Waals surface area contributed by atoms with Crippen LogP contribution in [0.15, 0.2) is 29.6 Å². The lowest BCUT2D eigenvalue weighted by Crippen LogP contribution is -2.23. The Morgan fingerprint density at radius 1 is 1.43 bits per heavy atom. The van der Waals surface area contributed by atoms with Crippen molar-refractivity contribution in [3.8, 4) is 11.3 Å². The minimum atomic E-state index is -4.40. The molecule has 2 rings (SSSR count). The summed E-state index contributed by atoms with van der Waals surface area (Å²) >= 11 is 1.15. The van der Waals surface area contributed by atoms with E-state index < -0.39 is 11.7 Å². The highest BCUT2D eigenvalue weighted by Gasteiger charge is 2.30. The third-order valence-electron chi connectivity index (χ3n) is 2.74. The van der Waals surface area contributed by atoms with Gasteiger partial charge in [0.25, 0.3) is 0 Å². The van der Waals surface area contributed by atoms with E-state index in [4.69, 9.17) is 5.73 Å². The Morgan fingerprint density at radius 2 is 2.13 bits per heavy atom. The first-order valence-corrected chi connectivity index (χ1v) is 7.32. The average Bonchev–Trinajstić information content (AvgIpc) is 2.85. The molecule has 4 nitrogen and oxygen atoms in total. The summed E-state index contributed by atoms with van der Waals surface area (Å²) in [5, 5.41) is 4.50. The van der Waals surface area contributed by atoms with E-state index in [2.05, 4.69) is 10.3 Å². The maximum atomic E-state index is 12.7. The van der Waals surface area contributed by atoms with Crippen LogP contribution in [0.3, 0.4) is 0 Å². The van der Waals surface area contributed by atoms with Crippen LogP contribution in [0.25, 0.3) is 11.3 Å². The second kappa shape index (κ2) is 7.76. The number of benzene rings is 1. The molecule has 3 N–H and O–H groups in total. The molecule has 0 saturated carbocycles. The molecule has 1 heterocycles. The monoisotopic (exact) mass is 365 g/mol. The van der Waals surface area contributed by atoms with E-state index in [9.17, 15) is 18.0 Å².